The summed E-state index contributed by atoms with van der Waals surface area (Å²) in [5.41, 5.74) is 0.792. The van der Waals surface area contributed by atoms with Crippen LogP contribution in [0.3, 0.4) is 0 Å². The lowest BCUT2D eigenvalue weighted by molar-refractivity contribution is 0.122. The van der Waals surface area contributed by atoms with E-state index in [0.717, 1.165) is 37.1 Å². The van der Waals surface area contributed by atoms with Gasteiger partial charge in [0.25, 0.3) is 0 Å². The van der Waals surface area contributed by atoms with Gasteiger partial charge < -0.3 is 14.7 Å². The highest BCUT2D eigenvalue weighted by atomic mass is 32.1. The number of aliphatic hydroxyl groups excluding tert-OH is 1. The Kier molecular flexibility index (Phi) is 4.17. The molecule has 0 aliphatic carbocycles. The summed E-state index contributed by atoms with van der Waals surface area (Å²) in [4.78, 5) is 6.65. The Labute approximate surface area is 98.9 Å². The molecule has 1 aliphatic rings. The molecule has 0 amide bonds. The number of anilines is 1. The van der Waals surface area contributed by atoms with Gasteiger partial charge in [-0.3, -0.25) is 0 Å². The van der Waals surface area contributed by atoms with E-state index in [1.807, 2.05) is 5.38 Å². The van der Waals surface area contributed by atoms with Gasteiger partial charge in [-0.1, -0.05) is 5.92 Å². The Morgan fingerprint density at radius 1 is 1.50 bits per heavy atom. The molecule has 1 aromatic heterocycles. The molecule has 0 unspecified atom stereocenters. The average molecular weight is 238 g/mol. The highest BCUT2D eigenvalue weighted by Crippen LogP contribution is 2.20. The van der Waals surface area contributed by atoms with E-state index in [2.05, 4.69) is 21.7 Å². The van der Waals surface area contributed by atoms with Crippen LogP contribution in [0.5, 0.6) is 0 Å². The monoisotopic (exact) mass is 238 g/mol. The quantitative estimate of drug-likeness (QED) is 0.771. The van der Waals surface area contributed by atoms with Crippen LogP contribution in [0.15, 0.2) is 5.38 Å². The van der Waals surface area contributed by atoms with E-state index in [4.69, 9.17) is 9.84 Å². The summed E-state index contributed by atoms with van der Waals surface area (Å²) >= 11 is 1.61. The molecule has 0 bridgehead atoms. The zero-order valence-electron chi connectivity index (χ0n) is 8.98. The number of aromatic nitrogens is 1. The first kappa shape index (κ1) is 11.4. The predicted molar refractivity (Wildman–Crippen MR) is 63.7 cm³/mol. The highest BCUT2D eigenvalue weighted by molar-refractivity contribution is 7.13. The first-order chi connectivity index (χ1) is 7.90. The van der Waals surface area contributed by atoms with E-state index < -0.39 is 0 Å². The number of rotatable bonds is 2. The molecule has 1 aromatic rings. The molecule has 86 valence electrons. The summed E-state index contributed by atoms with van der Waals surface area (Å²) in [5.74, 6) is 5.81. The predicted octanol–water partition coefficient (Wildman–Crippen LogP) is 0.714. The number of hydrogen-bond donors (Lipinski definition) is 1. The van der Waals surface area contributed by atoms with Crippen LogP contribution in [0, 0.1) is 11.8 Å². The summed E-state index contributed by atoms with van der Waals surface area (Å²) in [5, 5.41) is 11.6. The van der Waals surface area contributed by atoms with E-state index in [0.29, 0.717) is 6.42 Å². The van der Waals surface area contributed by atoms with E-state index in [1.54, 1.807) is 11.3 Å². The van der Waals surface area contributed by atoms with Crippen molar-refractivity contribution in [3.05, 3.63) is 11.1 Å². The lowest BCUT2D eigenvalue weighted by Gasteiger charge is -2.25. The van der Waals surface area contributed by atoms with Gasteiger partial charge in [-0.05, 0) is 5.92 Å². The zero-order chi connectivity index (χ0) is 11.2. The maximum atomic E-state index is 8.61. The Morgan fingerprint density at radius 2 is 2.31 bits per heavy atom. The van der Waals surface area contributed by atoms with Crippen molar-refractivity contribution < 1.29 is 9.84 Å². The Morgan fingerprint density at radius 3 is 3.06 bits per heavy atom. The summed E-state index contributed by atoms with van der Waals surface area (Å²) in [6, 6.07) is 0. The summed E-state index contributed by atoms with van der Waals surface area (Å²) in [6.45, 7) is 3.44. The summed E-state index contributed by atoms with van der Waals surface area (Å²) in [7, 11) is 0. The number of ether oxygens (including phenoxy) is 1. The second kappa shape index (κ2) is 5.85. The molecule has 1 N–H and O–H groups in total. The fraction of sp³-hybridized carbons (Fsp3) is 0.545. The van der Waals surface area contributed by atoms with Crippen LogP contribution in [0.25, 0.3) is 0 Å². The molecular formula is C11H14N2O2S. The molecule has 0 saturated carbocycles. The second-order valence-electron chi connectivity index (χ2n) is 3.39. The number of hydrogen-bond acceptors (Lipinski definition) is 5. The van der Waals surface area contributed by atoms with Crippen molar-refractivity contribution in [3.63, 3.8) is 0 Å². The average Bonchev–Trinajstić information content (AvgIpc) is 2.79. The van der Waals surface area contributed by atoms with E-state index in [9.17, 15) is 0 Å². The van der Waals surface area contributed by atoms with Crippen LogP contribution in [0.2, 0.25) is 0 Å². The molecule has 4 nitrogen and oxygen atoms in total. The molecular weight excluding hydrogens is 224 g/mol. The molecule has 1 saturated heterocycles. The van der Waals surface area contributed by atoms with Gasteiger partial charge in [0, 0.05) is 24.9 Å². The summed E-state index contributed by atoms with van der Waals surface area (Å²) in [6.07, 6.45) is 0.504. The van der Waals surface area contributed by atoms with Crippen LogP contribution >= 0.6 is 11.3 Å². The molecule has 0 atom stereocenters. The Bertz CT molecular complexity index is 388. The molecule has 0 radical (unpaired) electrons. The Hall–Kier alpha value is -1.09. The van der Waals surface area contributed by atoms with Crippen molar-refractivity contribution in [1.29, 1.82) is 0 Å². The third-order valence-electron chi connectivity index (χ3n) is 2.23. The smallest absolute Gasteiger partial charge is 0.186 e. The third kappa shape index (κ3) is 2.95. The standard InChI is InChI=1S/C11H14N2O2S/c14-6-2-1-3-10-9-16-11(12-10)13-4-7-15-8-5-13/h9,14H,2,4-8H2. The van der Waals surface area contributed by atoms with Gasteiger partial charge in [0.1, 0.15) is 5.69 Å². The number of morpholine rings is 1. The van der Waals surface area contributed by atoms with Gasteiger partial charge in [0.05, 0.1) is 19.8 Å². The van der Waals surface area contributed by atoms with Crippen LogP contribution in [0.4, 0.5) is 5.13 Å². The fourth-order valence-corrected chi connectivity index (χ4v) is 2.24. The van der Waals surface area contributed by atoms with Crippen LogP contribution in [0.1, 0.15) is 12.1 Å². The normalized spacial score (nSPS) is 15.7. The number of aliphatic hydroxyl groups is 1. The van der Waals surface area contributed by atoms with Crippen molar-refractivity contribution in [1.82, 2.24) is 4.98 Å². The van der Waals surface area contributed by atoms with E-state index in [-0.39, 0.29) is 6.61 Å². The van der Waals surface area contributed by atoms with E-state index >= 15 is 0 Å². The first-order valence-electron chi connectivity index (χ1n) is 5.28. The second-order valence-corrected chi connectivity index (χ2v) is 4.23. The maximum Gasteiger partial charge on any atom is 0.186 e. The van der Waals surface area contributed by atoms with Crippen molar-refractivity contribution in [3.8, 4) is 11.8 Å². The van der Waals surface area contributed by atoms with Crippen molar-refractivity contribution in [2.45, 2.75) is 6.42 Å². The largest absolute Gasteiger partial charge is 0.395 e. The lowest BCUT2D eigenvalue weighted by Crippen LogP contribution is -2.36. The van der Waals surface area contributed by atoms with Crippen molar-refractivity contribution >= 4 is 16.5 Å². The number of thiazole rings is 1. The summed E-state index contributed by atoms with van der Waals surface area (Å²) < 4.78 is 5.29. The van der Waals surface area contributed by atoms with Gasteiger partial charge in [0.15, 0.2) is 5.13 Å². The molecule has 1 aliphatic heterocycles. The maximum absolute atomic E-state index is 8.61. The van der Waals surface area contributed by atoms with Crippen LogP contribution < -0.4 is 4.90 Å². The van der Waals surface area contributed by atoms with Gasteiger partial charge in [-0.15, -0.1) is 11.3 Å². The zero-order valence-corrected chi connectivity index (χ0v) is 9.79. The topological polar surface area (TPSA) is 45.6 Å². The minimum absolute atomic E-state index is 0.105. The molecule has 0 aromatic carbocycles. The fourth-order valence-electron chi connectivity index (χ4n) is 1.43. The van der Waals surface area contributed by atoms with Crippen molar-refractivity contribution in [2.24, 2.45) is 0 Å². The van der Waals surface area contributed by atoms with Crippen molar-refractivity contribution in [2.75, 3.05) is 37.8 Å². The van der Waals surface area contributed by atoms with Crippen LogP contribution in [-0.4, -0.2) is 43.0 Å². The van der Waals surface area contributed by atoms with Gasteiger partial charge in [-0.25, -0.2) is 4.98 Å². The first-order valence-corrected chi connectivity index (χ1v) is 6.16. The SMILES string of the molecule is OCCC#Cc1csc(N2CCOCC2)n1. The molecule has 1 fully saturated rings. The molecule has 2 heterocycles. The molecule has 0 spiro atoms. The van der Waals surface area contributed by atoms with Gasteiger partial charge in [-0.2, -0.15) is 0 Å². The minimum atomic E-state index is 0.105. The molecule has 2 rings (SSSR count). The molecule has 16 heavy (non-hydrogen) atoms. The minimum Gasteiger partial charge on any atom is -0.395 e. The third-order valence-corrected chi connectivity index (χ3v) is 3.13. The van der Waals surface area contributed by atoms with Gasteiger partial charge in [0.2, 0.25) is 0 Å². The highest BCUT2D eigenvalue weighted by Gasteiger charge is 2.13. The van der Waals surface area contributed by atoms with E-state index in [1.165, 1.54) is 0 Å². The number of nitrogens with zero attached hydrogens (tertiary/aromatic N) is 2. The molecule has 5 heteroatoms. The van der Waals surface area contributed by atoms with Gasteiger partial charge >= 0.3 is 0 Å². The Balaban J connectivity index is 1.99. The lowest BCUT2D eigenvalue weighted by atomic mass is 10.4. The van der Waals surface area contributed by atoms with Crippen LogP contribution in [-0.2, 0) is 4.74 Å².